The Kier molecular flexibility index (Phi) is 3.94. The molecule has 1 N–H and O–H groups in total. The van der Waals surface area contributed by atoms with E-state index in [9.17, 15) is 0 Å². The highest BCUT2D eigenvalue weighted by molar-refractivity contribution is 7.71. The second-order valence-electron chi connectivity index (χ2n) is 3.78. The highest BCUT2D eigenvalue weighted by Gasteiger charge is 2.15. The lowest BCUT2D eigenvalue weighted by Crippen LogP contribution is -2.09. The predicted molar refractivity (Wildman–Crippen MR) is 73.9 cm³/mol. The molecule has 0 saturated carbocycles. The molecule has 0 aliphatic carbocycles. The van der Waals surface area contributed by atoms with E-state index in [1.54, 1.807) is 22.8 Å². The van der Waals surface area contributed by atoms with Crippen LogP contribution in [0.2, 0.25) is 10.0 Å². The number of nitrogens with zero attached hydrogens (tertiary/aromatic N) is 2. The van der Waals surface area contributed by atoms with Crippen LogP contribution in [0.15, 0.2) is 18.2 Å². The quantitative estimate of drug-likeness (QED) is 0.874. The Morgan fingerprint density at radius 3 is 2.78 bits per heavy atom. The van der Waals surface area contributed by atoms with Crippen LogP contribution in [-0.4, -0.2) is 14.8 Å². The van der Waals surface area contributed by atoms with Crippen molar-refractivity contribution in [2.75, 3.05) is 0 Å². The number of aromatic nitrogens is 3. The maximum Gasteiger partial charge on any atom is 0.195 e. The summed E-state index contributed by atoms with van der Waals surface area (Å²) >= 11 is 17.0. The summed E-state index contributed by atoms with van der Waals surface area (Å²) in [5.74, 6) is 1.21. The molecule has 4 nitrogen and oxygen atoms in total. The van der Waals surface area contributed by atoms with Crippen LogP contribution in [0.4, 0.5) is 0 Å². The molecule has 0 spiro atoms. The van der Waals surface area contributed by atoms with E-state index in [-0.39, 0.29) is 6.10 Å². The van der Waals surface area contributed by atoms with Crippen molar-refractivity contribution >= 4 is 35.4 Å². The monoisotopic (exact) mass is 303 g/mol. The van der Waals surface area contributed by atoms with Crippen LogP contribution in [0.3, 0.4) is 0 Å². The number of hydrogen-bond acceptors (Lipinski definition) is 3. The summed E-state index contributed by atoms with van der Waals surface area (Å²) in [4.78, 5) is 0. The summed E-state index contributed by atoms with van der Waals surface area (Å²) < 4.78 is 8.03. The number of rotatable bonds is 3. The first-order valence-corrected chi connectivity index (χ1v) is 6.38. The van der Waals surface area contributed by atoms with E-state index >= 15 is 0 Å². The van der Waals surface area contributed by atoms with Crippen LogP contribution in [0, 0.1) is 4.77 Å². The van der Waals surface area contributed by atoms with Gasteiger partial charge in [0.25, 0.3) is 0 Å². The molecule has 0 bridgehead atoms. The average Bonchev–Trinajstić information content (AvgIpc) is 2.65. The third-order valence-electron chi connectivity index (χ3n) is 2.47. The lowest BCUT2D eigenvalue weighted by molar-refractivity contribution is 0.212. The van der Waals surface area contributed by atoms with Gasteiger partial charge in [0.15, 0.2) is 16.7 Å². The van der Waals surface area contributed by atoms with Gasteiger partial charge in [-0.25, -0.2) is 0 Å². The van der Waals surface area contributed by atoms with Crippen LogP contribution < -0.4 is 4.74 Å². The first kappa shape index (κ1) is 13.4. The highest BCUT2D eigenvalue weighted by atomic mass is 35.5. The van der Waals surface area contributed by atoms with Crippen LogP contribution in [0.1, 0.15) is 18.9 Å². The van der Waals surface area contributed by atoms with Crippen molar-refractivity contribution in [2.45, 2.75) is 13.0 Å². The van der Waals surface area contributed by atoms with E-state index in [0.717, 1.165) is 0 Å². The smallest absolute Gasteiger partial charge is 0.195 e. The van der Waals surface area contributed by atoms with Crippen LogP contribution >= 0.6 is 35.4 Å². The van der Waals surface area contributed by atoms with E-state index in [4.69, 9.17) is 40.2 Å². The zero-order chi connectivity index (χ0) is 13.3. The van der Waals surface area contributed by atoms with Gasteiger partial charge in [-0.05, 0) is 31.3 Å². The fourth-order valence-corrected chi connectivity index (χ4v) is 2.00. The fraction of sp³-hybridized carbons (Fsp3) is 0.273. The zero-order valence-corrected chi connectivity index (χ0v) is 12.1. The highest BCUT2D eigenvalue weighted by Crippen LogP contribution is 2.31. The van der Waals surface area contributed by atoms with Gasteiger partial charge in [-0.2, -0.15) is 5.10 Å². The van der Waals surface area contributed by atoms with Gasteiger partial charge in [-0.15, -0.1) is 0 Å². The third kappa shape index (κ3) is 2.68. The number of ether oxygens (including phenoxy) is 1. The fourth-order valence-electron chi connectivity index (χ4n) is 1.53. The number of aromatic amines is 1. The molecule has 2 aromatic rings. The maximum absolute atomic E-state index is 6.03. The molecule has 2 rings (SSSR count). The molecule has 18 heavy (non-hydrogen) atoms. The summed E-state index contributed by atoms with van der Waals surface area (Å²) in [5, 5.41) is 7.88. The normalized spacial score (nSPS) is 12.4. The molecule has 0 fully saturated rings. The third-order valence-corrected chi connectivity index (χ3v) is 3.39. The van der Waals surface area contributed by atoms with Gasteiger partial charge in [-0.3, -0.25) is 5.10 Å². The molecule has 1 aromatic heterocycles. The van der Waals surface area contributed by atoms with Crippen molar-refractivity contribution in [3.05, 3.63) is 38.8 Å². The van der Waals surface area contributed by atoms with Gasteiger partial charge in [0.1, 0.15) is 5.75 Å². The second-order valence-corrected chi connectivity index (χ2v) is 5.01. The van der Waals surface area contributed by atoms with Crippen molar-refractivity contribution in [1.82, 2.24) is 14.8 Å². The average molecular weight is 304 g/mol. The summed E-state index contributed by atoms with van der Waals surface area (Å²) in [5.41, 5.74) is 0. The first-order valence-electron chi connectivity index (χ1n) is 5.22. The molecule has 1 atom stereocenters. The molecule has 0 aliphatic heterocycles. The SMILES string of the molecule is C[C@H](Oc1cc(Cl)ccc1Cl)c1n[nH]c(=S)n1C. The van der Waals surface area contributed by atoms with Gasteiger partial charge >= 0.3 is 0 Å². The molecule has 0 saturated heterocycles. The molecule has 0 radical (unpaired) electrons. The van der Waals surface area contributed by atoms with Gasteiger partial charge in [0.2, 0.25) is 0 Å². The van der Waals surface area contributed by atoms with Crippen molar-refractivity contribution in [3.63, 3.8) is 0 Å². The Labute approximate surface area is 119 Å². The Hall–Kier alpha value is -1.04. The Morgan fingerprint density at radius 1 is 1.44 bits per heavy atom. The predicted octanol–water partition coefficient (Wildman–Crippen LogP) is 3.92. The number of halogens is 2. The molecular weight excluding hydrogens is 293 g/mol. The lowest BCUT2D eigenvalue weighted by Gasteiger charge is -2.15. The minimum atomic E-state index is -0.293. The Bertz CT molecular complexity index is 623. The summed E-state index contributed by atoms with van der Waals surface area (Å²) in [7, 11) is 1.82. The summed E-state index contributed by atoms with van der Waals surface area (Å²) in [6.45, 7) is 1.86. The van der Waals surface area contributed by atoms with E-state index in [0.29, 0.717) is 26.4 Å². The minimum absolute atomic E-state index is 0.293. The molecule has 0 aliphatic rings. The maximum atomic E-state index is 6.03. The van der Waals surface area contributed by atoms with Crippen LogP contribution in [0.5, 0.6) is 5.75 Å². The number of H-pyrrole nitrogens is 1. The zero-order valence-electron chi connectivity index (χ0n) is 9.78. The van der Waals surface area contributed by atoms with Gasteiger partial charge in [-0.1, -0.05) is 23.2 Å². The largest absolute Gasteiger partial charge is 0.481 e. The minimum Gasteiger partial charge on any atom is -0.481 e. The molecule has 96 valence electrons. The molecule has 1 heterocycles. The van der Waals surface area contributed by atoms with Gasteiger partial charge in [0.05, 0.1) is 5.02 Å². The van der Waals surface area contributed by atoms with Crippen molar-refractivity contribution in [3.8, 4) is 5.75 Å². The van der Waals surface area contributed by atoms with Crippen molar-refractivity contribution in [2.24, 2.45) is 7.05 Å². The van der Waals surface area contributed by atoms with E-state index in [1.807, 2.05) is 14.0 Å². The number of hydrogen-bond donors (Lipinski definition) is 1. The molecule has 0 amide bonds. The van der Waals surface area contributed by atoms with Crippen LogP contribution in [-0.2, 0) is 7.05 Å². The molecule has 0 unspecified atom stereocenters. The number of benzene rings is 1. The molecule has 1 aromatic carbocycles. The lowest BCUT2D eigenvalue weighted by atomic mass is 10.3. The van der Waals surface area contributed by atoms with E-state index < -0.39 is 0 Å². The van der Waals surface area contributed by atoms with E-state index in [1.165, 1.54) is 0 Å². The van der Waals surface area contributed by atoms with E-state index in [2.05, 4.69) is 10.2 Å². The Balaban J connectivity index is 2.26. The summed E-state index contributed by atoms with van der Waals surface area (Å²) in [6, 6.07) is 5.06. The van der Waals surface area contributed by atoms with Gasteiger partial charge < -0.3 is 9.30 Å². The van der Waals surface area contributed by atoms with Crippen molar-refractivity contribution < 1.29 is 4.74 Å². The molecular formula is C11H11Cl2N3OS. The van der Waals surface area contributed by atoms with Crippen molar-refractivity contribution in [1.29, 1.82) is 0 Å². The second kappa shape index (κ2) is 5.30. The Morgan fingerprint density at radius 2 is 2.17 bits per heavy atom. The van der Waals surface area contributed by atoms with Gasteiger partial charge in [0, 0.05) is 18.1 Å². The summed E-state index contributed by atoms with van der Waals surface area (Å²) in [6.07, 6.45) is -0.293. The topological polar surface area (TPSA) is 42.8 Å². The number of nitrogens with one attached hydrogen (secondary N) is 1. The first-order chi connectivity index (χ1) is 8.49. The van der Waals surface area contributed by atoms with Crippen LogP contribution in [0.25, 0.3) is 0 Å². The standard InChI is InChI=1S/C11H11Cl2N3OS/c1-6(10-14-15-11(18)16(10)2)17-9-5-7(12)3-4-8(9)13/h3-6H,1-2H3,(H,15,18)/t6-/m0/s1. The molecule has 7 heteroatoms.